The standard InChI is InChI=1S/C14H13N3O3/c18-10-12-3-4-13(14(8-12)17(19)20)16-7-5-11-2-1-6-15-9-11/h1-4,6,8-10,16H,5,7H2. The van der Waals surface area contributed by atoms with Crippen molar-refractivity contribution in [3.63, 3.8) is 0 Å². The van der Waals surface area contributed by atoms with Crippen LogP contribution in [0.5, 0.6) is 0 Å². The fourth-order valence-electron chi connectivity index (χ4n) is 1.81. The van der Waals surface area contributed by atoms with Crippen molar-refractivity contribution >= 4 is 17.7 Å². The maximum atomic E-state index is 11.0. The van der Waals surface area contributed by atoms with Crippen molar-refractivity contribution in [1.29, 1.82) is 0 Å². The second-order valence-corrected chi connectivity index (χ2v) is 4.19. The molecule has 0 unspecified atom stereocenters. The van der Waals surface area contributed by atoms with Crippen molar-refractivity contribution in [2.24, 2.45) is 0 Å². The predicted molar refractivity (Wildman–Crippen MR) is 74.9 cm³/mol. The van der Waals surface area contributed by atoms with Gasteiger partial charge in [0.1, 0.15) is 12.0 Å². The summed E-state index contributed by atoms with van der Waals surface area (Å²) in [5, 5.41) is 14.0. The van der Waals surface area contributed by atoms with Gasteiger partial charge in [0, 0.05) is 30.6 Å². The lowest BCUT2D eigenvalue weighted by molar-refractivity contribution is -0.384. The maximum absolute atomic E-state index is 11.0. The lowest BCUT2D eigenvalue weighted by Gasteiger charge is -2.07. The van der Waals surface area contributed by atoms with Crippen LogP contribution in [0.4, 0.5) is 11.4 Å². The van der Waals surface area contributed by atoms with Crippen LogP contribution < -0.4 is 5.32 Å². The Kier molecular flexibility index (Phi) is 4.39. The molecule has 1 aromatic heterocycles. The monoisotopic (exact) mass is 271 g/mol. The Labute approximate surface area is 115 Å². The number of hydrogen-bond donors (Lipinski definition) is 1. The molecule has 0 amide bonds. The summed E-state index contributed by atoms with van der Waals surface area (Å²) in [6, 6.07) is 8.15. The summed E-state index contributed by atoms with van der Waals surface area (Å²) in [6.45, 7) is 0.549. The Balaban J connectivity index is 2.05. The second kappa shape index (κ2) is 6.42. The van der Waals surface area contributed by atoms with Crippen LogP contribution in [0.25, 0.3) is 0 Å². The van der Waals surface area contributed by atoms with Gasteiger partial charge in [-0.05, 0) is 30.2 Å². The number of hydrogen-bond acceptors (Lipinski definition) is 5. The fraction of sp³-hybridized carbons (Fsp3) is 0.143. The van der Waals surface area contributed by atoms with Gasteiger partial charge in [-0.25, -0.2) is 0 Å². The minimum Gasteiger partial charge on any atom is -0.379 e. The highest BCUT2D eigenvalue weighted by atomic mass is 16.6. The molecule has 2 aromatic rings. The number of nitro groups is 1. The third kappa shape index (κ3) is 3.38. The number of nitro benzene ring substituents is 1. The molecule has 0 aliphatic heterocycles. The third-order valence-electron chi connectivity index (χ3n) is 2.81. The number of rotatable bonds is 6. The van der Waals surface area contributed by atoms with Crippen LogP contribution in [0, 0.1) is 10.1 Å². The number of aldehydes is 1. The molecule has 1 heterocycles. The van der Waals surface area contributed by atoms with Crippen LogP contribution >= 0.6 is 0 Å². The lowest BCUT2D eigenvalue weighted by atomic mass is 10.1. The summed E-state index contributed by atoms with van der Waals surface area (Å²) in [5.74, 6) is 0. The molecule has 1 aromatic carbocycles. The number of carbonyl (C=O) groups excluding carboxylic acids is 1. The van der Waals surface area contributed by atoms with E-state index < -0.39 is 4.92 Å². The largest absolute Gasteiger partial charge is 0.379 e. The molecule has 102 valence electrons. The highest BCUT2D eigenvalue weighted by Crippen LogP contribution is 2.24. The summed E-state index contributed by atoms with van der Waals surface area (Å²) in [5.41, 5.74) is 1.65. The minimum absolute atomic E-state index is 0.0965. The molecule has 0 aliphatic carbocycles. The minimum atomic E-state index is -0.501. The number of anilines is 1. The number of carbonyl (C=O) groups is 1. The predicted octanol–water partition coefficient (Wildman–Crippen LogP) is 2.46. The van der Waals surface area contributed by atoms with E-state index in [4.69, 9.17) is 0 Å². The van der Waals surface area contributed by atoms with Crippen LogP contribution in [0.1, 0.15) is 15.9 Å². The molecule has 0 bridgehead atoms. The van der Waals surface area contributed by atoms with Gasteiger partial charge in [-0.15, -0.1) is 0 Å². The van der Waals surface area contributed by atoms with Gasteiger partial charge in [0.05, 0.1) is 4.92 Å². The SMILES string of the molecule is O=Cc1ccc(NCCc2cccnc2)c([N+](=O)[O-])c1. The van der Waals surface area contributed by atoms with E-state index in [1.165, 1.54) is 6.07 Å². The smallest absolute Gasteiger partial charge is 0.293 e. The summed E-state index contributed by atoms with van der Waals surface area (Å²) >= 11 is 0. The van der Waals surface area contributed by atoms with Gasteiger partial charge in [-0.3, -0.25) is 19.9 Å². The molecule has 0 radical (unpaired) electrons. The lowest BCUT2D eigenvalue weighted by Crippen LogP contribution is -2.07. The van der Waals surface area contributed by atoms with Gasteiger partial charge in [-0.2, -0.15) is 0 Å². The highest BCUT2D eigenvalue weighted by Gasteiger charge is 2.13. The van der Waals surface area contributed by atoms with Crippen LogP contribution in [-0.2, 0) is 6.42 Å². The molecule has 20 heavy (non-hydrogen) atoms. The van der Waals surface area contributed by atoms with E-state index in [0.29, 0.717) is 24.9 Å². The van der Waals surface area contributed by atoms with Crippen molar-refractivity contribution < 1.29 is 9.72 Å². The number of nitrogens with one attached hydrogen (secondary N) is 1. The van der Waals surface area contributed by atoms with Crippen LogP contribution in [0.15, 0.2) is 42.7 Å². The first kappa shape index (κ1) is 13.7. The average Bonchev–Trinajstić information content (AvgIpc) is 2.48. The van der Waals surface area contributed by atoms with E-state index in [2.05, 4.69) is 10.3 Å². The molecule has 6 heteroatoms. The number of nitrogens with zero attached hydrogens (tertiary/aromatic N) is 2. The summed E-state index contributed by atoms with van der Waals surface area (Å²) < 4.78 is 0. The van der Waals surface area contributed by atoms with Gasteiger partial charge in [0.25, 0.3) is 5.69 Å². The molecule has 0 saturated carbocycles. The van der Waals surface area contributed by atoms with E-state index in [1.807, 2.05) is 12.1 Å². The fourth-order valence-corrected chi connectivity index (χ4v) is 1.81. The molecule has 2 rings (SSSR count). The van der Waals surface area contributed by atoms with Gasteiger partial charge in [0.15, 0.2) is 0 Å². The van der Waals surface area contributed by atoms with Gasteiger partial charge in [0.2, 0.25) is 0 Å². The normalized spacial score (nSPS) is 10.0. The van der Waals surface area contributed by atoms with E-state index in [1.54, 1.807) is 24.5 Å². The van der Waals surface area contributed by atoms with Crippen molar-refractivity contribution in [3.8, 4) is 0 Å². The Morgan fingerprint density at radius 2 is 2.20 bits per heavy atom. The molecule has 0 spiro atoms. The first-order valence-electron chi connectivity index (χ1n) is 6.07. The second-order valence-electron chi connectivity index (χ2n) is 4.19. The van der Waals surface area contributed by atoms with Crippen LogP contribution in [0.2, 0.25) is 0 Å². The molecular formula is C14H13N3O3. The highest BCUT2D eigenvalue weighted by molar-refractivity contribution is 5.79. The summed E-state index contributed by atoms with van der Waals surface area (Å²) in [6.07, 6.45) is 4.75. The van der Waals surface area contributed by atoms with Crippen molar-refractivity contribution in [2.75, 3.05) is 11.9 Å². The van der Waals surface area contributed by atoms with E-state index >= 15 is 0 Å². The number of aromatic nitrogens is 1. The van der Waals surface area contributed by atoms with Crippen molar-refractivity contribution in [2.45, 2.75) is 6.42 Å². The first-order chi connectivity index (χ1) is 9.70. The molecule has 0 aliphatic rings. The zero-order valence-electron chi connectivity index (χ0n) is 10.7. The summed E-state index contributed by atoms with van der Waals surface area (Å²) in [7, 11) is 0. The van der Waals surface area contributed by atoms with Gasteiger partial charge < -0.3 is 5.32 Å². The van der Waals surface area contributed by atoms with Crippen molar-refractivity contribution in [3.05, 3.63) is 64.0 Å². The number of benzene rings is 1. The van der Waals surface area contributed by atoms with Gasteiger partial charge in [-0.1, -0.05) is 6.07 Å². The molecule has 6 nitrogen and oxygen atoms in total. The topological polar surface area (TPSA) is 85.1 Å². The van der Waals surface area contributed by atoms with E-state index in [9.17, 15) is 14.9 Å². The number of pyridine rings is 1. The zero-order valence-corrected chi connectivity index (χ0v) is 10.7. The molecule has 0 saturated heterocycles. The van der Waals surface area contributed by atoms with E-state index in [-0.39, 0.29) is 11.3 Å². The van der Waals surface area contributed by atoms with Gasteiger partial charge >= 0.3 is 0 Å². The maximum Gasteiger partial charge on any atom is 0.293 e. The average molecular weight is 271 g/mol. The van der Waals surface area contributed by atoms with Crippen LogP contribution in [0.3, 0.4) is 0 Å². The Bertz CT molecular complexity index is 614. The molecule has 0 atom stereocenters. The molecular weight excluding hydrogens is 258 g/mol. The summed E-state index contributed by atoms with van der Waals surface area (Å²) in [4.78, 5) is 25.1. The van der Waals surface area contributed by atoms with E-state index in [0.717, 1.165) is 5.56 Å². The van der Waals surface area contributed by atoms with Crippen molar-refractivity contribution in [1.82, 2.24) is 4.98 Å². The quantitative estimate of drug-likeness (QED) is 0.495. The molecule has 0 fully saturated rings. The first-order valence-corrected chi connectivity index (χ1v) is 6.07. The van der Waals surface area contributed by atoms with Crippen LogP contribution in [-0.4, -0.2) is 22.7 Å². The Morgan fingerprint density at radius 3 is 2.85 bits per heavy atom. The molecule has 1 N–H and O–H groups in total. The Hall–Kier alpha value is -2.76. The Morgan fingerprint density at radius 1 is 1.35 bits per heavy atom. The third-order valence-corrected chi connectivity index (χ3v) is 2.81. The zero-order chi connectivity index (χ0) is 14.4.